The molecule has 3 saturated carbocycles. The summed E-state index contributed by atoms with van der Waals surface area (Å²) in [5, 5.41) is 22.1. The van der Waals surface area contributed by atoms with Crippen molar-refractivity contribution in [3.05, 3.63) is 23.8 Å². The molecule has 2 N–H and O–H groups in total. The van der Waals surface area contributed by atoms with Crippen molar-refractivity contribution in [3.63, 3.8) is 0 Å². The van der Waals surface area contributed by atoms with Crippen LogP contribution in [-0.4, -0.2) is 39.2 Å². The number of carbonyl (C=O) groups excluding carboxylic acids is 2. The largest absolute Gasteiger partial charge is 0.390 e. The SMILES string of the molecule is CC(=O)C1(O)CCC2C3CCC4=CC(=O)C=CC4(C)C3(F)C(O)CC21C. The number of ketones is 2. The predicted molar refractivity (Wildman–Crippen MR) is 94.0 cm³/mol. The van der Waals surface area contributed by atoms with Crippen LogP contribution in [0.3, 0.4) is 0 Å². The topological polar surface area (TPSA) is 74.6 Å². The molecule has 0 aromatic heterocycles. The Morgan fingerprint density at radius 1 is 1.27 bits per heavy atom. The minimum atomic E-state index is -1.90. The molecule has 4 rings (SSSR count). The average molecular weight is 362 g/mol. The Hall–Kier alpha value is -1.33. The lowest BCUT2D eigenvalue weighted by Gasteiger charge is -2.62. The first-order chi connectivity index (χ1) is 12.0. The Bertz CT molecular complexity index is 757. The Kier molecular flexibility index (Phi) is 3.57. The number of allylic oxidation sites excluding steroid dienone is 4. The number of aliphatic hydroxyl groups is 2. The molecule has 7 atom stereocenters. The van der Waals surface area contributed by atoms with Crippen LogP contribution in [0.25, 0.3) is 0 Å². The molecule has 0 spiro atoms. The number of hydrogen-bond donors (Lipinski definition) is 2. The molecule has 3 fully saturated rings. The van der Waals surface area contributed by atoms with Crippen molar-refractivity contribution < 1.29 is 24.2 Å². The van der Waals surface area contributed by atoms with E-state index in [1.165, 1.54) is 19.1 Å². The zero-order chi connectivity index (χ0) is 19.1. The van der Waals surface area contributed by atoms with Crippen LogP contribution in [0.5, 0.6) is 0 Å². The third kappa shape index (κ3) is 1.81. The maximum Gasteiger partial charge on any atom is 0.178 e. The minimum absolute atomic E-state index is 0.0470. The Balaban J connectivity index is 1.83. The second-order valence-electron chi connectivity index (χ2n) is 9.22. The number of Topliss-reactive ketones (excluding diaryl/α,β-unsaturated/α-hetero) is 1. The van der Waals surface area contributed by atoms with E-state index in [9.17, 15) is 19.8 Å². The number of carbonyl (C=O) groups is 2. The molecule has 0 bridgehead atoms. The summed E-state index contributed by atoms with van der Waals surface area (Å²) in [4.78, 5) is 24.0. The summed E-state index contributed by atoms with van der Waals surface area (Å²) < 4.78 is 16.7. The quantitative estimate of drug-likeness (QED) is 0.752. The zero-order valence-electron chi connectivity index (χ0n) is 15.6. The molecule has 5 heteroatoms. The van der Waals surface area contributed by atoms with Crippen molar-refractivity contribution in [2.24, 2.45) is 22.7 Å². The van der Waals surface area contributed by atoms with Crippen molar-refractivity contribution in [2.45, 2.75) is 70.2 Å². The number of hydrogen-bond acceptors (Lipinski definition) is 4. The van der Waals surface area contributed by atoms with Crippen molar-refractivity contribution in [2.75, 3.05) is 0 Å². The van der Waals surface area contributed by atoms with E-state index in [4.69, 9.17) is 0 Å². The van der Waals surface area contributed by atoms with Crippen LogP contribution in [0.2, 0.25) is 0 Å². The maximum atomic E-state index is 16.7. The number of fused-ring (bicyclic) bond motifs is 5. The van der Waals surface area contributed by atoms with Crippen molar-refractivity contribution >= 4 is 11.6 Å². The van der Waals surface area contributed by atoms with Gasteiger partial charge in [0.15, 0.2) is 17.2 Å². The van der Waals surface area contributed by atoms with Gasteiger partial charge in [0, 0.05) is 16.7 Å². The maximum absolute atomic E-state index is 16.7. The molecule has 4 aliphatic rings. The molecule has 26 heavy (non-hydrogen) atoms. The van der Waals surface area contributed by atoms with Crippen molar-refractivity contribution in [3.8, 4) is 0 Å². The number of alkyl halides is 1. The van der Waals surface area contributed by atoms with Crippen LogP contribution in [0.1, 0.15) is 52.9 Å². The highest BCUT2D eigenvalue weighted by Gasteiger charge is 2.73. The van der Waals surface area contributed by atoms with Gasteiger partial charge >= 0.3 is 0 Å². The highest BCUT2D eigenvalue weighted by atomic mass is 19.1. The first-order valence-electron chi connectivity index (χ1n) is 9.55. The molecule has 142 valence electrons. The smallest absolute Gasteiger partial charge is 0.178 e. The molecule has 4 aliphatic carbocycles. The zero-order valence-corrected chi connectivity index (χ0v) is 15.6. The summed E-state index contributed by atoms with van der Waals surface area (Å²) >= 11 is 0. The molecule has 0 amide bonds. The van der Waals surface area contributed by atoms with E-state index in [1.54, 1.807) is 13.0 Å². The first-order valence-corrected chi connectivity index (χ1v) is 9.55. The van der Waals surface area contributed by atoms with E-state index < -0.39 is 34.1 Å². The van der Waals surface area contributed by atoms with Gasteiger partial charge in [0.05, 0.1) is 6.10 Å². The number of rotatable bonds is 1. The van der Waals surface area contributed by atoms with Gasteiger partial charge in [-0.15, -0.1) is 0 Å². The molecule has 0 heterocycles. The normalized spacial score (nSPS) is 52.8. The lowest BCUT2D eigenvalue weighted by Crippen LogP contribution is -2.68. The van der Waals surface area contributed by atoms with Crippen LogP contribution >= 0.6 is 0 Å². The summed E-state index contributed by atoms with van der Waals surface area (Å²) in [6.07, 6.45) is 5.28. The van der Waals surface area contributed by atoms with Gasteiger partial charge in [-0.2, -0.15) is 0 Å². The summed E-state index contributed by atoms with van der Waals surface area (Å²) in [6, 6.07) is 0. The fourth-order valence-corrected chi connectivity index (χ4v) is 6.79. The van der Waals surface area contributed by atoms with Crippen LogP contribution in [0, 0.1) is 22.7 Å². The molecule has 0 saturated heterocycles. The fourth-order valence-electron chi connectivity index (χ4n) is 6.79. The number of aliphatic hydroxyl groups excluding tert-OH is 1. The van der Waals surface area contributed by atoms with E-state index in [1.807, 2.05) is 6.92 Å². The fraction of sp³-hybridized carbons (Fsp3) is 0.714. The van der Waals surface area contributed by atoms with Crippen LogP contribution < -0.4 is 0 Å². The van der Waals surface area contributed by atoms with Gasteiger partial charge in [-0.1, -0.05) is 18.6 Å². The van der Waals surface area contributed by atoms with Gasteiger partial charge in [0.1, 0.15) is 5.60 Å². The molecule has 7 unspecified atom stereocenters. The Morgan fingerprint density at radius 2 is 1.96 bits per heavy atom. The van der Waals surface area contributed by atoms with E-state index in [2.05, 4.69) is 0 Å². The van der Waals surface area contributed by atoms with Gasteiger partial charge < -0.3 is 10.2 Å². The number of halogens is 1. The van der Waals surface area contributed by atoms with E-state index in [-0.39, 0.29) is 23.9 Å². The standard InChI is InChI=1S/C21H27FO4/c1-12(23)20(26)9-7-15-16-5-4-13-10-14(24)6-8-18(13,2)21(16,22)17(25)11-19(15,20)3/h6,8,10,15-17,25-26H,4-5,7,9,11H2,1-3H3. The minimum Gasteiger partial charge on any atom is -0.390 e. The van der Waals surface area contributed by atoms with Crippen LogP contribution in [-0.2, 0) is 9.59 Å². The molecule has 0 aromatic rings. The second kappa shape index (κ2) is 5.14. The summed E-state index contributed by atoms with van der Waals surface area (Å²) in [5.41, 5.74) is -4.52. The van der Waals surface area contributed by atoms with Crippen LogP contribution in [0.4, 0.5) is 4.39 Å². The average Bonchev–Trinajstić information content (AvgIpc) is 2.83. The van der Waals surface area contributed by atoms with E-state index in [0.717, 1.165) is 5.57 Å². The highest BCUT2D eigenvalue weighted by Crippen LogP contribution is 2.69. The van der Waals surface area contributed by atoms with Gasteiger partial charge in [-0.25, -0.2) is 4.39 Å². The van der Waals surface area contributed by atoms with E-state index >= 15 is 4.39 Å². The first kappa shape index (κ1) is 18.1. The Morgan fingerprint density at radius 3 is 2.62 bits per heavy atom. The lowest BCUT2D eigenvalue weighted by molar-refractivity contribution is -0.216. The summed E-state index contributed by atoms with van der Waals surface area (Å²) in [5.74, 6) is -1.06. The van der Waals surface area contributed by atoms with Crippen LogP contribution in [0.15, 0.2) is 23.8 Å². The van der Waals surface area contributed by atoms with E-state index in [0.29, 0.717) is 25.7 Å². The van der Waals surface area contributed by atoms with Gasteiger partial charge in [-0.3, -0.25) is 9.59 Å². The Labute approximate surface area is 153 Å². The highest BCUT2D eigenvalue weighted by molar-refractivity contribution is 6.01. The van der Waals surface area contributed by atoms with Gasteiger partial charge in [0.25, 0.3) is 0 Å². The molecular weight excluding hydrogens is 335 g/mol. The molecule has 0 radical (unpaired) electrons. The lowest BCUT2D eigenvalue weighted by atomic mass is 9.44. The molecule has 4 nitrogen and oxygen atoms in total. The second-order valence-corrected chi connectivity index (χ2v) is 9.22. The van der Waals surface area contributed by atoms with Crippen molar-refractivity contribution in [1.82, 2.24) is 0 Å². The molecule has 0 aliphatic heterocycles. The molecular formula is C21H27FO4. The predicted octanol–water partition coefficient (Wildman–Crippen LogP) is 2.68. The molecule has 0 aromatic carbocycles. The third-order valence-corrected chi connectivity index (χ3v) is 8.38. The van der Waals surface area contributed by atoms with Crippen molar-refractivity contribution in [1.29, 1.82) is 0 Å². The third-order valence-electron chi connectivity index (χ3n) is 8.38. The van der Waals surface area contributed by atoms with Gasteiger partial charge in [0.2, 0.25) is 0 Å². The summed E-state index contributed by atoms with van der Waals surface area (Å²) in [7, 11) is 0. The van der Waals surface area contributed by atoms with Gasteiger partial charge in [-0.05, 0) is 64.0 Å². The summed E-state index contributed by atoms with van der Waals surface area (Å²) in [6.45, 7) is 4.99. The monoisotopic (exact) mass is 362 g/mol.